The smallest absolute Gasteiger partial charge is 0.220 e. The third kappa shape index (κ3) is 10.9. The summed E-state index contributed by atoms with van der Waals surface area (Å²) in [6.45, 7) is 12.7. The van der Waals surface area contributed by atoms with Crippen LogP contribution in [0.2, 0.25) is 0 Å². The Morgan fingerprint density at radius 3 is 2.02 bits per heavy atom. The second kappa shape index (κ2) is 20.1. The number of hydrogen-bond donors (Lipinski definition) is 1. The van der Waals surface area contributed by atoms with Crippen molar-refractivity contribution in [2.24, 2.45) is 46.3 Å². The fourth-order valence-electron chi connectivity index (χ4n) is 11.7. The minimum atomic E-state index is 0.301. The van der Waals surface area contributed by atoms with Crippen LogP contribution >= 0.6 is 0 Å². The van der Waals surface area contributed by atoms with E-state index < -0.39 is 0 Å². The van der Waals surface area contributed by atoms with Crippen molar-refractivity contribution in [3.8, 4) is 0 Å². The van der Waals surface area contributed by atoms with Gasteiger partial charge < -0.3 is 10.1 Å². The largest absolute Gasteiger partial charge is 0.353 e. The minimum Gasteiger partial charge on any atom is -0.353 e. The molecule has 0 radical (unpaired) electrons. The summed E-state index contributed by atoms with van der Waals surface area (Å²) in [4.78, 5) is 23.3. The summed E-state index contributed by atoms with van der Waals surface area (Å²) in [6.07, 6.45) is 38.1. The van der Waals surface area contributed by atoms with E-state index in [1.54, 1.807) is 5.57 Å². The highest BCUT2D eigenvalue weighted by Crippen LogP contribution is 2.67. The Balaban J connectivity index is 1.09. The molecule has 0 aromatic rings. The molecule has 0 aromatic carbocycles. The van der Waals surface area contributed by atoms with Gasteiger partial charge in [0.2, 0.25) is 5.91 Å². The Morgan fingerprint density at radius 1 is 0.771 bits per heavy atom. The van der Waals surface area contributed by atoms with Gasteiger partial charge in [-0.25, -0.2) is 0 Å². The summed E-state index contributed by atoms with van der Waals surface area (Å²) in [6, 6.07) is 0.354. The molecular weight excluding hydrogens is 587 g/mol. The van der Waals surface area contributed by atoms with E-state index in [1.165, 1.54) is 141 Å². The average Bonchev–Trinajstić information content (AvgIpc) is 3.42. The van der Waals surface area contributed by atoms with Gasteiger partial charge >= 0.3 is 0 Å². The first-order chi connectivity index (χ1) is 23.2. The van der Waals surface area contributed by atoms with Crippen molar-refractivity contribution in [1.29, 1.82) is 0 Å². The van der Waals surface area contributed by atoms with Crippen molar-refractivity contribution in [2.75, 3.05) is 0 Å². The van der Waals surface area contributed by atoms with Gasteiger partial charge in [-0.2, -0.15) is 0 Å². The van der Waals surface area contributed by atoms with Crippen molar-refractivity contribution >= 4 is 12.2 Å². The van der Waals surface area contributed by atoms with Gasteiger partial charge in [-0.1, -0.05) is 143 Å². The number of unbranched alkanes of at least 4 members (excludes halogenated alkanes) is 14. The second-order valence-corrected chi connectivity index (χ2v) is 18.5. The maximum atomic E-state index is 12.9. The molecule has 3 heteroatoms. The van der Waals surface area contributed by atoms with E-state index in [-0.39, 0.29) is 0 Å². The molecule has 1 N–H and O–H groups in total. The quantitative estimate of drug-likeness (QED) is 0.0670. The van der Waals surface area contributed by atoms with Crippen LogP contribution in [-0.4, -0.2) is 18.2 Å². The van der Waals surface area contributed by atoms with Crippen molar-refractivity contribution in [3.63, 3.8) is 0 Å². The third-order valence-corrected chi connectivity index (χ3v) is 14.6. The summed E-state index contributed by atoms with van der Waals surface area (Å²) >= 11 is 0. The van der Waals surface area contributed by atoms with Gasteiger partial charge in [-0.05, 0) is 111 Å². The van der Waals surface area contributed by atoms with Crippen molar-refractivity contribution in [2.45, 2.75) is 214 Å². The van der Waals surface area contributed by atoms with E-state index in [4.69, 9.17) is 0 Å². The number of allylic oxidation sites excluding steroid dienone is 1. The van der Waals surface area contributed by atoms with E-state index in [2.05, 4.69) is 46.0 Å². The predicted molar refractivity (Wildman–Crippen MR) is 205 cm³/mol. The van der Waals surface area contributed by atoms with E-state index >= 15 is 0 Å². The van der Waals surface area contributed by atoms with E-state index in [1.807, 2.05) is 0 Å². The van der Waals surface area contributed by atoms with Crippen LogP contribution in [0.3, 0.4) is 0 Å². The zero-order chi connectivity index (χ0) is 34.4. The topological polar surface area (TPSA) is 46.2 Å². The van der Waals surface area contributed by atoms with Crippen LogP contribution in [0.15, 0.2) is 11.6 Å². The van der Waals surface area contributed by atoms with Gasteiger partial charge in [-0.3, -0.25) is 4.79 Å². The molecule has 1 amide bonds. The molecule has 3 fully saturated rings. The third-order valence-electron chi connectivity index (χ3n) is 14.6. The van der Waals surface area contributed by atoms with Crippen molar-refractivity contribution in [3.05, 3.63) is 11.6 Å². The first-order valence-electron chi connectivity index (χ1n) is 21.6. The molecule has 0 heterocycles. The zero-order valence-corrected chi connectivity index (χ0v) is 32.6. The molecule has 4 unspecified atom stereocenters. The molecule has 276 valence electrons. The number of nitrogens with one attached hydrogen (secondary N) is 1. The highest BCUT2D eigenvalue weighted by Gasteiger charge is 2.59. The lowest BCUT2D eigenvalue weighted by molar-refractivity contribution is -0.122. The van der Waals surface area contributed by atoms with Gasteiger partial charge in [0.25, 0.3) is 0 Å². The number of fused-ring (bicyclic) bond motifs is 5. The second-order valence-electron chi connectivity index (χ2n) is 18.5. The zero-order valence-electron chi connectivity index (χ0n) is 32.6. The fourth-order valence-corrected chi connectivity index (χ4v) is 11.7. The lowest BCUT2D eigenvalue weighted by atomic mass is 9.47. The number of carbonyl (C=O) groups is 2. The number of hydrogen-bond acceptors (Lipinski definition) is 2. The highest BCUT2D eigenvalue weighted by molar-refractivity contribution is 5.76. The van der Waals surface area contributed by atoms with E-state index in [0.717, 1.165) is 67.5 Å². The summed E-state index contributed by atoms with van der Waals surface area (Å²) in [5.41, 5.74) is 2.63. The van der Waals surface area contributed by atoms with Gasteiger partial charge in [0.1, 0.15) is 6.29 Å². The monoisotopic (exact) mass is 666 g/mol. The molecule has 4 aliphatic rings. The molecule has 4 rings (SSSR count). The minimum absolute atomic E-state index is 0.301. The fraction of sp³-hybridized carbons (Fsp3) is 0.911. The molecule has 3 saturated carbocycles. The van der Waals surface area contributed by atoms with Gasteiger partial charge in [0.15, 0.2) is 0 Å². The first-order valence-corrected chi connectivity index (χ1v) is 21.6. The molecular formula is C45H79NO2. The molecule has 0 aromatic heterocycles. The van der Waals surface area contributed by atoms with Gasteiger partial charge in [-0.15, -0.1) is 0 Å². The summed E-state index contributed by atoms with van der Waals surface area (Å²) in [7, 11) is 0. The molecule has 8 atom stereocenters. The number of amides is 1. The van der Waals surface area contributed by atoms with E-state index in [0.29, 0.717) is 29.2 Å². The lowest BCUT2D eigenvalue weighted by Gasteiger charge is -2.58. The molecule has 48 heavy (non-hydrogen) atoms. The number of carbonyl (C=O) groups excluding carboxylic acids is 2. The molecule has 0 saturated heterocycles. The Morgan fingerprint density at radius 2 is 1.40 bits per heavy atom. The SMILES string of the molecule is CC(C)CCC[C@@H](C)[C@H]1CCC2C3CC=C4CC(NC(=O)CCCCCCCCCCCCCCCCC=O)CC[C@]4(C)C3CC[C@@]21C. The first kappa shape index (κ1) is 39.7. The Hall–Kier alpha value is -1.12. The van der Waals surface area contributed by atoms with Crippen molar-refractivity contribution in [1.82, 2.24) is 5.32 Å². The van der Waals surface area contributed by atoms with E-state index in [9.17, 15) is 9.59 Å². The average molecular weight is 666 g/mol. The van der Waals surface area contributed by atoms with Crippen LogP contribution in [0.4, 0.5) is 0 Å². The maximum Gasteiger partial charge on any atom is 0.220 e. The molecule has 0 spiro atoms. The normalized spacial score (nSPS) is 31.9. The molecule has 0 bridgehead atoms. The summed E-state index contributed by atoms with van der Waals surface area (Å²) < 4.78 is 0. The van der Waals surface area contributed by atoms with Crippen LogP contribution < -0.4 is 5.32 Å². The summed E-state index contributed by atoms with van der Waals surface area (Å²) in [5.74, 6) is 5.62. The van der Waals surface area contributed by atoms with Crippen LogP contribution in [-0.2, 0) is 9.59 Å². The van der Waals surface area contributed by atoms with Crippen LogP contribution in [0.5, 0.6) is 0 Å². The summed E-state index contributed by atoms with van der Waals surface area (Å²) in [5, 5.41) is 3.48. The Bertz CT molecular complexity index is 985. The Kier molecular flexibility index (Phi) is 16.6. The number of rotatable bonds is 23. The lowest BCUT2D eigenvalue weighted by Crippen LogP contribution is -2.52. The predicted octanol–water partition coefficient (Wildman–Crippen LogP) is 13.0. The molecule has 0 aliphatic heterocycles. The Labute approximate surface area is 298 Å². The van der Waals surface area contributed by atoms with Gasteiger partial charge in [0.05, 0.1) is 0 Å². The van der Waals surface area contributed by atoms with Gasteiger partial charge in [0, 0.05) is 18.9 Å². The standard InChI is InChI=1S/C45H79NO2/c1-35(2)22-21-23-36(3)40-27-28-41-39-26-25-37-34-38(29-31-44(37,4)42(39)30-32-45(40,41)5)46-43(48)24-19-17-15-13-11-9-7-6-8-10-12-14-16-18-20-33-47/h25,33,35-36,38-42H,6-24,26-32,34H2,1-5H3,(H,46,48)/t36-,38?,39?,40-,41?,42?,44+,45-/m1/s1. The molecule has 4 aliphatic carbocycles. The highest BCUT2D eigenvalue weighted by atomic mass is 16.1. The van der Waals surface area contributed by atoms with Crippen molar-refractivity contribution < 1.29 is 9.59 Å². The van der Waals surface area contributed by atoms with Crippen LogP contribution in [0.1, 0.15) is 208 Å². The number of aldehydes is 1. The van der Waals surface area contributed by atoms with Crippen LogP contribution in [0, 0.1) is 46.3 Å². The van der Waals surface area contributed by atoms with Crippen LogP contribution in [0.25, 0.3) is 0 Å². The maximum absolute atomic E-state index is 12.9. The molecule has 3 nitrogen and oxygen atoms in total.